The van der Waals surface area contributed by atoms with Crippen molar-refractivity contribution in [2.75, 3.05) is 32.8 Å². The van der Waals surface area contributed by atoms with Gasteiger partial charge in [0.25, 0.3) is 0 Å². The van der Waals surface area contributed by atoms with Gasteiger partial charge in [-0.05, 0) is 38.9 Å². The lowest BCUT2D eigenvalue weighted by Gasteiger charge is -2.28. The number of hydrogen-bond acceptors (Lipinski definition) is 3. The Kier molecular flexibility index (Phi) is 4.58. The molecule has 2 aliphatic heterocycles. The topological polar surface area (TPSA) is 24.5 Å². The van der Waals surface area contributed by atoms with E-state index in [9.17, 15) is 0 Å². The van der Waals surface area contributed by atoms with Crippen molar-refractivity contribution in [3.8, 4) is 5.75 Å². The van der Waals surface area contributed by atoms with Crippen LogP contribution in [0, 0.1) is 0 Å². The number of nitrogens with zero attached hydrogens (tertiary/aromatic N) is 1. The normalized spacial score (nSPS) is 24.1. The van der Waals surface area contributed by atoms with Crippen molar-refractivity contribution in [3.05, 3.63) is 29.8 Å². The molecule has 1 aromatic rings. The van der Waals surface area contributed by atoms with Crippen molar-refractivity contribution in [1.29, 1.82) is 0 Å². The average molecular weight is 274 g/mol. The van der Waals surface area contributed by atoms with Gasteiger partial charge in [-0.15, -0.1) is 0 Å². The zero-order valence-electron chi connectivity index (χ0n) is 12.5. The largest absolute Gasteiger partial charge is 0.493 e. The van der Waals surface area contributed by atoms with Gasteiger partial charge in [0, 0.05) is 30.6 Å². The monoisotopic (exact) mass is 274 g/mol. The summed E-state index contributed by atoms with van der Waals surface area (Å²) in [6.07, 6.45) is 4.16. The molecule has 0 bridgehead atoms. The number of benzene rings is 1. The van der Waals surface area contributed by atoms with E-state index in [1.807, 2.05) is 0 Å². The minimum absolute atomic E-state index is 0.475. The molecule has 1 saturated heterocycles. The SMILES string of the molecule is C[C@@H](NCCN1CCCCC1)[C@H]1COc2ccccc21. The molecule has 0 saturated carbocycles. The Balaban J connectivity index is 1.46. The van der Waals surface area contributed by atoms with Gasteiger partial charge in [0.15, 0.2) is 0 Å². The summed E-state index contributed by atoms with van der Waals surface area (Å²) in [4.78, 5) is 2.59. The number of para-hydroxylation sites is 1. The van der Waals surface area contributed by atoms with Crippen LogP contribution in [0.4, 0.5) is 0 Å². The van der Waals surface area contributed by atoms with Crippen LogP contribution in [0.1, 0.15) is 37.7 Å². The molecule has 0 radical (unpaired) electrons. The van der Waals surface area contributed by atoms with E-state index >= 15 is 0 Å². The Bertz CT molecular complexity index is 429. The molecule has 1 fully saturated rings. The van der Waals surface area contributed by atoms with E-state index in [0.717, 1.165) is 18.9 Å². The van der Waals surface area contributed by atoms with Gasteiger partial charge in [-0.1, -0.05) is 24.6 Å². The number of likely N-dealkylation sites (tertiary alicyclic amines) is 1. The van der Waals surface area contributed by atoms with Crippen molar-refractivity contribution in [3.63, 3.8) is 0 Å². The molecule has 0 aliphatic carbocycles. The molecule has 2 aliphatic rings. The maximum atomic E-state index is 5.78. The summed E-state index contributed by atoms with van der Waals surface area (Å²) < 4.78 is 5.78. The molecule has 3 heteroatoms. The van der Waals surface area contributed by atoms with Gasteiger partial charge < -0.3 is 15.0 Å². The molecule has 0 aromatic heterocycles. The van der Waals surface area contributed by atoms with Crippen LogP contribution in [-0.2, 0) is 0 Å². The second kappa shape index (κ2) is 6.59. The Hall–Kier alpha value is -1.06. The highest BCUT2D eigenvalue weighted by Gasteiger charge is 2.28. The minimum atomic E-state index is 0.475. The number of piperidine rings is 1. The van der Waals surface area contributed by atoms with Gasteiger partial charge in [-0.25, -0.2) is 0 Å². The first-order valence-electron chi connectivity index (χ1n) is 8.02. The van der Waals surface area contributed by atoms with Crippen molar-refractivity contribution in [2.45, 2.75) is 38.1 Å². The lowest BCUT2D eigenvalue weighted by atomic mass is 9.94. The lowest BCUT2D eigenvalue weighted by Crippen LogP contribution is -2.40. The second-order valence-electron chi connectivity index (χ2n) is 6.10. The summed E-state index contributed by atoms with van der Waals surface area (Å²) in [5.41, 5.74) is 1.37. The smallest absolute Gasteiger partial charge is 0.122 e. The summed E-state index contributed by atoms with van der Waals surface area (Å²) in [5.74, 6) is 1.56. The van der Waals surface area contributed by atoms with Crippen LogP contribution in [-0.4, -0.2) is 43.7 Å². The van der Waals surface area contributed by atoms with Crippen LogP contribution in [0.15, 0.2) is 24.3 Å². The first-order valence-corrected chi connectivity index (χ1v) is 8.02. The van der Waals surface area contributed by atoms with Crippen molar-refractivity contribution in [1.82, 2.24) is 10.2 Å². The molecule has 0 amide bonds. The molecular weight excluding hydrogens is 248 g/mol. The van der Waals surface area contributed by atoms with E-state index in [1.165, 1.54) is 44.5 Å². The first-order chi connectivity index (χ1) is 9.84. The minimum Gasteiger partial charge on any atom is -0.493 e. The van der Waals surface area contributed by atoms with Gasteiger partial charge in [-0.3, -0.25) is 0 Å². The molecular formula is C17H26N2O. The summed E-state index contributed by atoms with van der Waals surface area (Å²) >= 11 is 0. The maximum absolute atomic E-state index is 5.78. The fraction of sp³-hybridized carbons (Fsp3) is 0.647. The van der Waals surface area contributed by atoms with Crippen molar-refractivity contribution >= 4 is 0 Å². The summed E-state index contributed by atoms with van der Waals surface area (Å²) in [7, 11) is 0. The zero-order valence-corrected chi connectivity index (χ0v) is 12.5. The van der Waals surface area contributed by atoms with Crippen LogP contribution >= 0.6 is 0 Å². The quantitative estimate of drug-likeness (QED) is 0.893. The van der Waals surface area contributed by atoms with Gasteiger partial charge in [0.2, 0.25) is 0 Å². The van der Waals surface area contributed by atoms with Gasteiger partial charge in [0.05, 0.1) is 6.61 Å². The highest BCUT2D eigenvalue weighted by atomic mass is 16.5. The number of hydrogen-bond donors (Lipinski definition) is 1. The molecule has 2 atom stereocenters. The lowest BCUT2D eigenvalue weighted by molar-refractivity contribution is 0.223. The van der Waals surface area contributed by atoms with Crippen LogP contribution < -0.4 is 10.1 Å². The molecule has 110 valence electrons. The predicted octanol–water partition coefficient (Wildman–Crippen LogP) is 2.63. The summed E-state index contributed by atoms with van der Waals surface area (Å²) in [6, 6.07) is 8.92. The van der Waals surface area contributed by atoms with E-state index in [0.29, 0.717) is 12.0 Å². The molecule has 3 rings (SSSR count). The third kappa shape index (κ3) is 3.15. The fourth-order valence-corrected chi connectivity index (χ4v) is 3.38. The molecule has 1 aromatic carbocycles. The van der Waals surface area contributed by atoms with Crippen LogP contribution in [0.25, 0.3) is 0 Å². The zero-order chi connectivity index (χ0) is 13.8. The molecule has 0 spiro atoms. The second-order valence-corrected chi connectivity index (χ2v) is 6.10. The van der Waals surface area contributed by atoms with Crippen LogP contribution in [0.2, 0.25) is 0 Å². The molecule has 2 heterocycles. The van der Waals surface area contributed by atoms with E-state index in [4.69, 9.17) is 4.74 Å². The first kappa shape index (κ1) is 13.9. The fourth-order valence-electron chi connectivity index (χ4n) is 3.38. The van der Waals surface area contributed by atoms with Gasteiger partial charge in [-0.2, -0.15) is 0 Å². The maximum Gasteiger partial charge on any atom is 0.122 e. The summed E-state index contributed by atoms with van der Waals surface area (Å²) in [5, 5.41) is 3.69. The highest BCUT2D eigenvalue weighted by molar-refractivity contribution is 5.40. The van der Waals surface area contributed by atoms with Gasteiger partial charge >= 0.3 is 0 Å². The number of ether oxygens (including phenoxy) is 1. The average Bonchev–Trinajstić information content (AvgIpc) is 2.92. The number of rotatable bonds is 5. The molecule has 20 heavy (non-hydrogen) atoms. The molecule has 0 unspecified atom stereocenters. The van der Waals surface area contributed by atoms with E-state index in [-0.39, 0.29) is 0 Å². The highest BCUT2D eigenvalue weighted by Crippen LogP contribution is 2.35. The molecule has 3 nitrogen and oxygen atoms in total. The third-order valence-corrected chi connectivity index (χ3v) is 4.68. The van der Waals surface area contributed by atoms with Crippen LogP contribution in [0.3, 0.4) is 0 Å². The molecule has 1 N–H and O–H groups in total. The van der Waals surface area contributed by atoms with E-state index in [2.05, 4.69) is 41.4 Å². The van der Waals surface area contributed by atoms with E-state index < -0.39 is 0 Å². The Morgan fingerprint density at radius 2 is 2.05 bits per heavy atom. The Labute approximate surface area is 122 Å². The van der Waals surface area contributed by atoms with Crippen LogP contribution in [0.5, 0.6) is 5.75 Å². The van der Waals surface area contributed by atoms with E-state index in [1.54, 1.807) is 0 Å². The number of fused-ring (bicyclic) bond motifs is 1. The standard InChI is InChI=1S/C17H26N2O/c1-14(18-9-12-19-10-5-2-6-11-19)16-13-20-17-8-4-3-7-15(16)17/h3-4,7-8,14,16,18H,2,5-6,9-13H2,1H3/t14-,16-/m1/s1. The van der Waals surface area contributed by atoms with Crippen molar-refractivity contribution < 1.29 is 4.74 Å². The Morgan fingerprint density at radius 1 is 1.25 bits per heavy atom. The van der Waals surface area contributed by atoms with Gasteiger partial charge in [0.1, 0.15) is 5.75 Å². The predicted molar refractivity (Wildman–Crippen MR) is 82.4 cm³/mol. The summed E-state index contributed by atoms with van der Waals surface area (Å²) in [6.45, 7) is 7.93. The Morgan fingerprint density at radius 3 is 2.90 bits per heavy atom. The van der Waals surface area contributed by atoms with Crippen molar-refractivity contribution in [2.24, 2.45) is 0 Å². The third-order valence-electron chi connectivity index (χ3n) is 4.68. The number of nitrogens with one attached hydrogen (secondary N) is 1.